The van der Waals surface area contributed by atoms with E-state index in [1.54, 1.807) is 6.07 Å². The first kappa shape index (κ1) is 14.7. The molecule has 7 nitrogen and oxygen atoms in total. The van der Waals surface area contributed by atoms with Crippen LogP contribution in [-0.4, -0.2) is 35.5 Å². The zero-order valence-electron chi connectivity index (χ0n) is 10.5. The van der Waals surface area contributed by atoms with Crippen molar-refractivity contribution in [3.63, 3.8) is 0 Å². The first-order valence-electron chi connectivity index (χ1n) is 5.88. The van der Waals surface area contributed by atoms with Crippen molar-refractivity contribution in [2.75, 3.05) is 6.54 Å². The quantitative estimate of drug-likeness (QED) is 0.662. The summed E-state index contributed by atoms with van der Waals surface area (Å²) >= 11 is 0. The van der Waals surface area contributed by atoms with Crippen LogP contribution < -0.4 is 10.6 Å². The maximum Gasteiger partial charge on any atom is 0.326 e. The lowest BCUT2D eigenvalue weighted by Crippen LogP contribution is -2.45. The number of carbonyl (C=O) groups excluding carboxylic acids is 2. The second-order valence-corrected chi connectivity index (χ2v) is 3.91. The fraction of sp³-hybridized carbons (Fsp3) is 0.417. The Morgan fingerprint density at radius 2 is 2.16 bits per heavy atom. The molecule has 0 unspecified atom stereocenters. The van der Waals surface area contributed by atoms with E-state index in [1.165, 1.54) is 12.3 Å². The fourth-order valence-electron chi connectivity index (χ4n) is 1.45. The molecular weight excluding hydrogens is 252 g/mol. The predicted octanol–water partition coefficient (Wildman–Crippen LogP) is 0.379. The van der Waals surface area contributed by atoms with E-state index in [0.717, 1.165) is 0 Å². The van der Waals surface area contributed by atoms with Crippen LogP contribution in [0.3, 0.4) is 0 Å². The zero-order valence-corrected chi connectivity index (χ0v) is 10.5. The van der Waals surface area contributed by atoms with Gasteiger partial charge in [-0.2, -0.15) is 0 Å². The Bertz CT molecular complexity index is 441. The van der Waals surface area contributed by atoms with Crippen molar-refractivity contribution in [3.8, 4) is 0 Å². The van der Waals surface area contributed by atoms with Crippen molar-refractivity contribution in [2.45, 2.75) is 25.8 Å². The van der Waals surface area contributed by atoms with E-state index in [4.69, 9.17) is 9.52 Å². The molecule has 0 aromatic carbocycles. The Kier molecular flexibility index (Phi) is 5.59. The molecule has 0 spiro atoms. The van der Waals surface area contributed by atoms with E-state index in [0.29, 0.717) is 12.8 Å². The van der Waals surface area contributed by atoms with E-state index in [9.17, 15) is 14.4 Å². The van der Waals surface area contributed by atoms with Gasteiger partial charge < -0.3 is 20.2 Å². The molecule has 2 amide bonds. The van der Waals surface area contributed by atoms with Crippen LogP contribution in [0, 0.1) is 0 Å². The van der Waals surface area contributed by atoms with Gasteiger partial charge in [-0.25, -0.2) is 4.79 Å². The summed E-state index contributed by atoms with van der Waals surface area (Å²) in [5.41, 5.74) is 0. The molecule has 0 bridgehead atoms. The summed E-state index contributed by atoms with van der Waals surface area (Å²) in [5, 5.41) is 13.5. The van der Waals surface area contributed by atoms with Crippen molar-refractivity contribution < 1.29 is 23.9 Å². The molecule has 0 fully saturated rings. The van der Waals surface area contributed by atoms with Crippen LogP contribution in [0.15, 0.2) is 22.8 Å². The van der Waals surface area contributed by atoms with E-state index in [1.807, 2.05) is 6.92 Å². The van der Waals surface area contributed by atoms with Gasteiger partial charge in [0.2, 0.25) is 5.91 Å². The molecule has 1 heterocycles. The molecule has 7 heteroatoms. The summed E-state index contributed by atoms with van der Waals surface area (Å²) in [4.78, 5) is 33.8. The molecule has 0 aliphatic heterocycles. The van der Waals surface area contributed by atoms with Gasteiger partial charge in [0.25, 0.3) is 5.91 Å². The standard InChI is InChI=1S/C12H16N2O5/c1-2-4-8(12(17)18)14-10(15)7-13-11(16)9-5-3-6-19-9/h3,5-6,8H,2,4,7H2,1H3,(H,13,16)(H,14,15)(H,17,18)/t8-/m1/s1. The lowest BCUT2D eigenvalue weighted by atomic mass is 10.1. The lowest BCUT2D eigenvalue weighted by Gasteiger charge is -2.13. The normalized spacial score (nSPS) is 11.6. The average molecular weight is 268 g/mol. The van der Waals surface area contributed by atoms with Crippen molar-refractivity contribution in [1.29, 1.82) is 0 Å². The summed E-state index contributed by atoms with van der Waals surface area (Å²) in [6.45, 7) is 1.52. The Labute approximate surface area is 110 Å². The molecule has 0 aliphatic carbocycles. The van der Waals surface area contributed by atoms with Crippen molar-refractivity contribution in [3.05, 3.63) is 24.2 Å². The van der Waals surface area contributed by atoms with Gasteiger partial charge >= 0.3 is 5.97 Å². The smallest absolute Gasteiger partial charge is 0.326 e. The van der Waals surface area contributed by atoms with E-state index in [-0.39, 0.29) is 12.3 Å². The van der Waals surface area contributed by atoms with E-state index < -0.39 is 23.8 Å². The molecule has 19 heavy (non-hydrogen) atoms. The van der Waals surface area contributed by atoms with Crippen molar-refractivity contribution in [1.82, 2.24) is 10.6 Å². The summed E-state index contributed by atoms with van der Waals surface area (Å²) in [6, 6.07) is 2.08. The Hall–Kier alpha value is -2.31. The minimum absolute atomic E-state index is 0.0937. The number of aliphatic carboxylic acids is 1. The minimum atomic E-state index is -1.09. The third-order valence-corrected chi connectivity index (χ3v) is 2.37. The number of nitrogens with one attached hydrogen (secondary N) is 2. The number of rotatable bonds is 7. The van der Waals surface area contributed by atoms with Crippen LogP contribution >= 0.6 is 0 Å². The minimum Gasteiger partial charge on any atom is -0.480 e. The lowest BCUT2D eigenvalue weighted by molar-refractivity contribution is -0.141. The van der Waals surface area contributed by atoms with Gasteiger partial charge in [0, 0.05) is 0 Å². The van der Waals surface area contributed by atoms with Crippen molar-refractivity contribution in [2.24, 2.45) is 0 Å². The van der Waals surface area contributed by atoms with Crippen LogP contribution in [0.25, 0.3) is 0 Å². The second-order valence-electron chi connectivity index (χ2n) is 3.91. The first-order chi connectivity index (χ1) is 9.04. The summed E-state index contributed by atoms with van der Waals surface area (Å²) in [5.74, 6) is -2.08. The number of carboxylic acid groups (broad SMARTS) is 1. The summed E-state index contributed by atoms with van der Waals surface area (Å²) < 4.78 is 4.85. The molecule has 1 aromatic rings. The largest absolute Gasteiger partial charge is 0.480 e. The SMILES string of the molecule is CCC[C@@H](NC(=O)CNC(=O)c1ccco1)C(=O)O. The first-order valence-corrected chi connectivity index (χ1v) is 5.88. The Morgan fingerprint density at radius 3 is 2.68 bits per heavy atom. The molecule has 0 radical (unpaired) electrons. The number of carboxylic acids is 1. The summed E-state index contributed by atoms with van der Waals surface area (Å²) in [7, 11) is 0. The molecule has 1 rings (SSSR count). The third kappa shape index (κ3) is 4.82. The number of furan rings is 1. The number of hydrogen-bond acceptors (Lipinski definition) is 4. The highest BCUT2D eigenvalue weighted by molar-refractivity contribution is 5.94. The number of hydrogen-bond donors (Lipinski definition) is 3. The maximum atomic E-state index is 11.5. The van der Waals surface area contributed by atoms with Crippen molar-refractivity contribution >= 4 is 17.8 Å². The molecular formula is C12H16N2O5. The van der Waals surface area contributed by atoms with Gasteiger partial charge in [-0.1, -0.05) is 13.3 Å². The number of carbonyl (C=O) groups is 3. The second kappa shape index (κ2) is 7.20. The zero-order chi connectivity index (χ0) is 14.3. The molecule has 3 N–H and O–H groups in total. The van der Waals surface area contributed by atoms with E-state index in [2.05, 4.69) is 10.6 Å². The molecule has 0 saturated carbocycles. The van der Waals surface area contributed by atoms with Gasteiger partial charge in [-0.3, -0.25) is 9.59 Å². The van der Waals surface area contributed by atoms with Gasteiger partial charge in [0.15, 0.2) is 5.76 Å². The topological polar surface area (TPSA) is 109 Å². The molecule has 1 atom stereocenters. The molecule has 0 aliphatic rings. The third-order valence-electron chi connectivity index (χ3n) is 2.37. The van der Waals surface area contributed by atoms with Crippen LogP contribution in [0.1, 0.15) is 30.3 Å². The highest BCUT2D eigenvalue weighted by Crippen LogP contribution is 1.99. The van der Waals surface area contributed by atoms with Crippen LogP contribution in [-0.2, 0) is 9.59 Å². The van der Waals surface area contributed by atoms with Crippen LogP contribution in [0.5, 0.6) is 0 Å². The predicted molar refractivity (Wildman–Crippen MR) is 65.5 cm³/mol. The molecule has 1 aromatic heterocycles. The van der Waals surface area contributed by atoms with E-state index >= 15 is 0 Å². The summed E-state index contributed by atoms with van der Waals surface area (Å²) in [6.07, 6.45) is 2.32. The molecule has 0 saturated heterocycles. The van der Waals surface area contributed by atoms with Crippen LogP contribution in [0.2, 0.25) is 0 Å². The Balaban J connectivity index is 2.38. The van der Waals surface area contributed by atoms with Gasteiger partial charge in [-0.15, -0.1) is 0 Å². The van der Waals surface area contributed by atoms with Gasteiger partial charge in [-0.05, 0) is 18.6 Å². The van der Waals surface area contributed by atoms with Gasteiger partial charge in [0.1, 0.15) is 6.04 Å². The fourth-order valence-corrected chi connectivity index (χ4v) is 1.45. The maximum absolute atomic E-state index is 11.5. The van der Waals surface area contributed by atoms with Crippen LogP contribution in [0.4, 0.5) is 0 Å². The highest BCUT2D eigenvalue weighted by atomic mass is 16.4. The highest BCUT2D eigenvalue weighted by Gasteiger charge is 2.19. The number of amides is 2. The molecule has 104 valence electrons. The average Bonchev–Trinajstić information content (AvgIpc) is 2.89. The van der Waals surface area contributed by atoms with Gasteiger partial charge in [0.05, 0.1) is 12.8 Å². The monoisotopic (exact) mass is 268 g/mol. The Morgan fingerprint density at radius 1 is 1.42 bits per heavy atom.